The minimum atomic E-state index is -0.178. The molecule has 2 aromatic rings. The zero-order valence-corrected chi connectivity index (χ0v) is 13.8. The minimum absolute atomic E-state index is 0.178. The van der Waals surface area contributed by atoms with E-state index in [1.165, 1.54) is 10.9 Å². The van der Waals surface area contributed by atoms with Crippen LogP contribution in [0.25, 0.3) is 10.9 Å². The van der Waals surface area contributed by atoms with Crippen molar-refractivity contribution in [3.8, 4) is 0 Å². The van der Waals surface area contributed by atoms with E-state index in [9.17, 15) is 0 Å². The van der Waals surface area contributed by atoms with Crippen molar-refractivity contribution >= 4 is 10.9 Å². The predicted octanol–water partition coefficient (Wildman–Crippen LogP) is 2.91. The van der Waals surface area contributed by atoms with Crippen molar-refractivity contribution < 1.29 is 4.74 Å². The SMILES string of the molecule is CCOC(C)(CC)C(Cc1nn(C)c2ccccc12)NC. The van der Waals surface area contributed by atoms with Crippen LogP contribution < -0.4 is 5.32 Å². The quantitative estimate of drug-likeness (QED) is 0.852. The Kier molecular flexibility index (Phi) is 5.01. The topological polar surface area (TPSA) is 39.1 Å². The molecule has 21 heavy (non-hydrogen) atoms. The number of rotatable bonds is 7. The van der Waals surface area contributed by atoms with Gasteiger partial charge in [0.05, 0.1) is 16.8 Å². The molecule has 1 N–H and O–H groups in total. The van der Waals surface area contributed by atoms with Crippen LogP contribution in [0.15, 0.2) is 24.3 Å². The second kappa shape index (κ2) is 6.58. The normalized spacial score (nSPS) is 16.0. The van der Waals surface area contributed by atoms with Gasteiger partial charge in [0.2, 0.25) is 0 Å². The Balaban J connectivity index is 2.32. The van der Waals surface area contributed by atoms with E-state index in [-0.39, 0.29) is 11.6 Å². The van der Waals surface area contributed by atoms with Crippen LogP contribution in [0.3, 0.4) is 0 Å². The van der Waals surface area contributed by atoms with Crippen LogP contribution in [0.2, 0.25) is 0 Å². The van der Waals surface area contributed by atoms with Crippen molar-refractivity contribution in [2.24, 2.45) is 7.05 Å². The standard InChI is InChI=1S/C17H27N3O/c1-6-17(3,21-7-2)16(18-4)12-14-13-10-8-9-11-15(13)20(5)19-14/h8-11,16,18H,6-7,12H2,1-5H3. The summed E-state index contributed by atoms with van der Waals surface area (Å²) in [5, 5.41) is 9.36. The van der Waals surface area contributed by atoms with Crippen LogP contribution >= 0.6 is 0 Å². The first-order chi connectivity index (χ1) is 10.1. The minimum Gasteiger partial charge on any atom is -0.374 e. The number of hydrogen-bond donors (Lipinski definition) is 1. The molecule has 0 spiro atoms. The number of aryl methyl sites for hydroxylation is 1. The molecular weight excluding hydrogens is 262 g/mol. The van der Waals surface area contributed by atoms with Crippen LogP contribution in [0.5, 0.6) is 0 Å². The fraction of sp³-hybridized carbons (Fsp3) is 0.588. The molecule has 2 atom stereocenters. The maximum atomic E-state index is 6.03. The second-order valence-corrected chi connectivity index (χ2v) is 5.73. The van der Waals surface area contributed by atoms with Crippen LogP contribution in [0.1, 0.15) is 32.9 Å². The summed E-state index contributed by atoms with van der Waals surface area (Å²) < 4.78 is 7.99. The van der Waals surface area contributed by atoms with Gasteiger partial charge in [-0.3, -0.25) is 4.68 Å². The third-order valence-corrected chi connectivity index (χ3v) is 4.49. The first-order valence-electron chi connectivity index (χ1n) is 7.77. The van der Waals surface area contributed by atoms with E-state index in [0.717, 1.165) is 25.1 Å². The van der Waals surface area contributed by atoms with E-state index in [1.807, 2.05) is 18.8 Å². The largest absolute Gasteiger partial charge is 0.374 e. The highest BCUT2D eigenvalue weighted by Gasteiger charge is 2.33. The molecule has 0 amide bonds. The molecule has 1 aromatic carbocycles. The zero-order chi connectivity index (χ0) is 15.5. The smallest absolute Gasteiger partial charge is 0.0807 e. The molecule has 1 aromatic heterocycles. The van der Waals surface area contributed by atoms with Gasteiger partial charge in [-0.1, -0.05) is 25.1 Å². The van der Waals surface area contributed by atoms with E-state index >= 15 is 0 Å². The lowest BCUT2D eigenvalue weighted by Crippen LogP contribution is -2.50. The van der Waals surface area contributed by atoms with Gasteiger partial charge >= 0.3 is 0 Å². The molecule has 2 unspecified atom stereocenters. The highest BCUT2D eigenvalue weighted by molar-refractivity contribution is 5.81. The maximum Gasteiger partial charge on any atom is 0.0807 e. The predicted molar refractivity (Wildman–Crippen MR) is 87.6 cm³/mol. The van der Waals surface area contributed by atoms with Gasteiger partial charge in [-0.15, -0.1) is 0 Å². The Labute approximate surface area is 127 Å². The van der Waals surface area contributed by atoms with Crippen LogP contribution in [-0.2, 0) is 18.2 Å². The number of fused-ring (bicyclic) bond motifs is 1. The van der Waals surface area contributed by atoms with Gasteiger partial charge in [-0.2, -0.15) is 5.10 Å². The summed E-state index contributed by atoms with van der Waals surface area (Å²) in [4.78, 5) is 0. The molecular formula is C17H27N3O. The monoisotopic (exact) mass is 289 g/mol. The first kappa shape index (κ1) is 16.0. The number of nitrogens with zero attached hydrogens (tertiary/aromatic N) is 2. The summed E-state index contributed by atoms with van der Waals surface area (Å²) in [6, 6.07) is 8.62. The van der Waals surface area contributed by atoms with Crippen molar-refractivity contribution in [2.75, 3.05) is 13.7 Å². The van der Waals surface area contributed by atoms with E-state index in [1.54, 1.807) is 0 Å². The van der Waals surface area contributed by atoms with Gasteiger partial charge in [-0.05, 0) is 33.4 Å². The summed E-state index contributed by atoms with van der Waals surface area (Å²) >= 11 is 0. The van der Waals surface area contributed by atoms with Gasteiger partial charge in [0.15, 0.2) is 0 Å². The van der Waals surface area contributed by atoms with E-state index in [0.29, 0.717) is 0 Å². The van der Waals surface area contributed by atoms with Crippen molar-refractivity contribution in [2.45, 2.75) is 45.3 Å². The van der Waals surface area contributed by atoms with Crippen LogP contribution in [0.4, 0.5) is 0 Å². The van der Waals surface area contributed by atoms with Crippen molar-refractivity contribution in [3.05, 3.63) is 30.0 Å². The summed E-state index contributed by atoms with van der Waals surface area (Å²) in [7, 11) is 4.00. The van der Waals surface area contributed by atoms with Crippen molar-refractivity contribution in [1.82, 2.24) is 15.1 Å². The molecule has 4 nitrogen and oxygen atoms in total. The van der Waals surface area contributed by atoms with E-state index < -0.39 is 0 Å². The van der Waals surface area contributed by atoms with Crippen molar-refractivity contribution in [3.63, 3.8) is 0 Å². The van der Waals surface area contributed by atoms with Gasteiger partial charge in [0, 0.05) is 31.5 Å². The van der Waals surface area contributed by atoms with Crippen molar-refractivity contribution in [1.29, 1.82) is 0 Å². The van der Waals surface area contributed by atoms with Crippen LogP contribution in [-0.4, -0.2) is 35.1 Å². The van der Waals surface area contributed by atoms with Crippen LogP contribution in [0, 0.1) is 0 Å². The molecule has 0 aliphatic heterocycles. The summed E-state index contributed by atoms with van der Waals surface area (Å²) in [5.74, 6) is 0. The number of hydrogen-bond acceptors (Lipinski definition) is 3. The molecule has 116 valence electrons. The lowest BCUT2D eigenvalue weighted by Gasteiger charge is -2.36. The summed E-state index contributed by atoms with van der Waals surface area (Å²) in [5.41, 5.74) is 2.13. The van der Waals surface area contributed by atoms with Gasteiger partial charge < -0.3 is 10.1 Å². The maximum absolute atomic E-state index is 6.03. The van der Waals surface area contributed by atoms with E-state index in [2.05, 4.69) is 50.4 Å². The van der Waals surface area contributed by atoms with Gasteiger partial charge in [0.25, 0.3) is 0 Å². The molecule has 0 radical (unpaired) electrons. The highest BCUT2D eigenvalue weighted by Crippen LogP contribution is 2.25. The lowest BCUT2D eigenvalue weighted by molar-refractivity contribution is -0.0535. The number of ether oxygens (including phenoxy) is 1. The molecule has 0 fully saturated rings. The Morgan fingerprint density at radius 1 is 1.33 bits per heavy atom. The molecule has 2 rings (SSSR count). The molecule has 0 saturated carbocycles. The average Bonchev–Trinajstić information content (AvgIpc) is 2.81. The molecule has 4 heteroatoms. The fourth-order valence-corrected chi connectivity index (χ4v) is 3.03. The molecule has 1 heterocycles. The Morgan fingerprint density at radius 3 is 2.67 bits per heavy atom. The highest BCUT2D eigenvalue weighted by atomic mass is 16.5. The third-order valence-electron chi connectivity index (χ3n) is 4.49. The average molecular weight is 289 g/mol. The fourth-order valence-electron chi connectivity index (χ4n) is 3.03. The molecule has 0 aliphatic carbocycles. The summed E-state index contributed by atoms with van der Waals surface area (Å²) in [6.45, 7) is 7.14. The second-order valence-electron chi connectivity index (χ2n) is 5.73. The number of nitrogens with one attached hydrogen (secondary N) is 1. The van der Waals surface area contributed by atoms with E-state index in [4.69, 9.17) is 9.84 Å². The summed E-state index contributed by atoms with van der Waals surface area (Å²) in [6.07, 6.45) is 1.83. The van der Waals surface area contributed by atoms with Gasteiger partial charge in [-0.25, -0.2) is 0 Å². The molecule has 0 aliphatic rings. The number of para-hydroxylation sites is 1. The Hall–Kier alpha value is -1.39. The lowest BCUT2D eigenvalue weighted by atomic mass is 9.89. The van der Waals surface area contributed by atoms with Gasteiger partial charge in [0.1, 0.15) is 0 Å². The number of benzene rings is 1. The Bertz CT molecular complexity index is 593. The molecule has 0 bridgehead atoms. The first-order valence-corrected chi connectivity index (χ1v) is 7.77. The third kappa shape index (κ3) is 3.11. The Morgan fingerprint density at radius 2 is 2.05 bits per heavy atom. The number of aromatic nitrogens is 2. The zero-order valence-electron chi connectivity index (χ0n) is 13.8. The number of likely N-dealkylation sites (N-methyl/N-ethyl adjacent to an activating group) is 1. The molecule has 0 saturated heterocycles.